The van der Waals surface area contributed by atoms with Crippen LogP contribution in [-0.4, -0.2) is 40.2 Å². The van der Waals surface area contributed by atoms with E-state index >= 15 is 0 Å². The zero-order chi connectivity index (χ0) is 32.5. The molecule has 2 aromatic carbocycles. The van der Waals surface area contributed by atoms with Crippen molar-refractivity contribution in [1.29, 1.82) is 0 Å². The van der Waals surface area contributed by atoms with Gasteiger partial charge in [0.15, 0.2) is 0 Å². The van der Waals surface area contributed by atoms with Gasteiger partial charge in [0.2, 0.25) is 0 Å². The van der Waals surface area contributed by atoms with Crippen LogP contribution in [0.1, 0.15) is 44.7 Å². The summed E-state index contributed by atoms with van der Waals surface area (Å²) in [7, 11) is 0. The molecular formula is C32H29F4N5O3S. The maximum atomic E-state index is 14.0. The van der Waals surface area contributed by atoms with Crippen LogP contribution in [0.5, 0.6) is 0 Å². The number of rotatable bonds is 3. The van der Waals surface area contributed by atoms with E-state index in [9.17, 15) is 27.2 Å². The number of nitrogens with zero attached hydrogens (tertiary/aromatic N) is 2. The molecule has 4 N–H and O–H groups in total. The van der Waals surface area contributed by atoms with Gasteiger partial charge in [0.1, 0.15) is 17.2 Å². The molecule has 0 radical (unpaired) electrons. The number of benzene rings is 2. The van der Waals surface area contributed by atoms with Crippen molar-refractivity contribution >= 4 is 50.7 Å². The zero-order valence-corrected chi connectivity index (χ0v) is 25.3. The number of hydrogen-bond acceptors (Lipinski definition) is 6. The van der Waals surface area contributed by atoms with Gasteiger partial charge in [-0.2, -0.15) is 13.2 Å². The van der Waals surface area contributed by atoms with Crippen molar-refractivity contribution in [3.8, 4) is 23.0 Å². The van der Waals surface area contributed by atoms with E-state index in [1.165, 1.54) is 11.3 Å². The Bertz CT molecular complexity index is 1820. The number of ether oxygens (including phenoxy) is 1. The van der Waals surface area contributed by atoms with E-state index < -0.39 is 41.0 Å². The summed E-state index contributed by atoms with van der Waals surface area (Å²) in [4.78, 5) is 31.1. The molecule has 0 unspecified atom stereocenters. The third-order valence-electron chi connectivity index (χ3n) is 6.87. The van der Waals surface area contributed by atoms with Gasteiger partial charge in [-0.15, -0.1) is 11.3 Å². The van der Waals surface area contributed by atoms with Gasteiger partial charge in [0, 0.05) is 29.4 Å². The van der Waals surface area contributed by atoms with Crippen LogP contribution < -0.4 is 16.4 Å². The quantitative estimate of drug-likeness (QED) is 0.155. The van der Waals surface area contributed by atoms with E-state index in [4.69, 9.17) is 10.5 Å². The van der Waals surface area contributed by atoms with E-state index in [0.717, 1.165) is 28.7 Å². The molecule has 1 atom stereocenters. The number of carbonyl (C=O) groups is 2. The Morgan fingerprint density at radius 3 is 2.53 bits per heavy atom. The number of halogens is 4. The molecule has 1 saturated heterocycles. The normalized spacial score (nSPS) is 15.0. The molecule has 45 heavy (non-hydrogen) atoms. The van der Waals surface area contributed by atoms with Gasteiger partial charge in [-0.25, -0.2) is 19.0 Å². The van der Waals surface area contributed by atoms with Crippen LogP contribution in [0.3, 0.4) is 0 Å². The van der Waals surface area contributed by atoms with Crippen molar-refractivity contribution in [1.82, 2.24) is 9.88 Å². The summed E-state index contributed by atoms with van der Waals surface area (Å²) >= 11 is 1.44. The van der Waals surface area contributed by atoms with Crippen molar-refractivity contribution in [3.05, 3.63) is 71.0 Å². The largest absolute Gasteiger partial charge is 0.444 e. The molecule has 1 aliphatic heterocycles. The molecule has 0 saturated carbocycles. The number of likely N-dealkylation sites (tertiary alicyclic amines) is 1. The molecule has 4 aromatic rings. The summed E-state index contributed by atoms with van der Waals surface area (Å²) in [5.74, 6) is 5.70. The fraction of sp³-hybridized carbons (Fsp3) is 0.281. The van der Waals surface area contributed by atoms with Crippen LogP contribution in [0.15, 0.2) is 54.0 Å². The molecule has 3 amide bonds. The molecule has 1 aliphatic rings. The fourth-order valence-corrected chi connectivity index (χ4v) is 5.85. The Labute approximate surface area is 260 Å². The summed E-state index contributed by atoms with van der Waals surface area (Å²) in [5.41, 5.74) is 6.54. The number of amides is 3. The minimum Gasteiger partial charge on any atom is -0.444 e. The predicted molar refractivity (Wildman–Crippen MR) is 166 cm³/mol. The average molecular weight is 640 g/mol. The summed E-state index contributed by atoms with van der Waals surface area (Å²) in [5, 5.41) is 7.23. The number of anilines is 3. The van der Waals surface area contributed by atoms with E-state index in [0.29, 0.717) is 47.2 Å². The summed E-state index contributed by atoms with van der Waals surface area (Å²) in [6, 6.07) is 7.23. The number of hydrogen-bond donors (Lipinski definition) is 3. The molecule has 5 rings (SSSR count). The first-order chi connectivity index (χ1) is 21.2. The van der Waals surface area contributed by atoms with Crippen LogP contribution in [-0.2, 0) is 10.9 Å². The molecule has 8 nitrogen and oxygen atoms in total. The summed E-state index contributed by atoms with van der Waals surface area (Å²) in [6.07, 6.45) is -1.91. The number of nitrogens with one attached hydrogen (secondary N) is 2. The number of carbonyl (C=O) groups excluding carboxylic acids is 2. The standard InChI is InChI=1S/C32H29F4N5O3S/c1-31(2,3)44-30(43)41-14-4-5-22(41)12-8-19-16-38-28(37)26-23(17-45-27(19)26)18-6-10-21(11-7-18)39-29(42)40-25-15-20(32(34,35)36)9-13-24(25)33/h6-7,9-11,13,15-17,22H,4-5,14H2,1-3H3,(H2,37,38)(H2,39,40,42)/t22-/m0/s1. The third kappa shape index (κ3) is 7.29. The SMILES string of the molecule is CC(C)(C)OC(=O)N1CCC[C@H]1C#Cc1cnc(N)c2c(-c3ccc(NC(=O)Nc4cc(C(F)(F)F)ccc4F)cc3)csc12. The molecule has 3 heterocycles. The summed E-state index contributed by atoms with van der Waals surface area (Å²) < 4.78 is 59.3. The summed E-state index contributed by atoms with van der Waals surface area (Å²) in [6.45, 7) is 6.03. The van der Waals surface area contributed by atoms with Gasteiger partial charge in [-0.05, 0) is 74.9 Å². The van der Waals surface area contributed by atoms with Crippen molar-refractivity contribution in [2.45, 2.75) is 51.4 Å². The van der Waals surface area contributed by atoms with Crippen LogP contribution in [0, 0.1) is 17.7 Å². The fourth-order valence-electron chi connectivity index (χ4n) is 4.80. The van der Waals surface area contributed by atoms with Gasteiger partial charge in [0.25, 0.3) is 0 Å². The highest BCUT2D eigenvalue weighted by Gasteiger charge is 2.32. The molecule has 0 bridgehead atoms. The number of pyridine rings is 1. The molecule has 0 spiro atoms. The van der Waals surface area contributed by atoms with Gasteiger partial charge >= 0.3 is 18.3 Å². The molecule has 13 heteroatoms. The lowest BCUT2D eigenvalue weighted by Crippen LogP contribution is -2.39. The van der Waals surface area contributed by atoms with Crippen molar-refractivity contribution < 1.29 is 31.9 Å². The smallest absolute Gasteiger partial charge is 0.416 e. The first-order valence-electron chi connectivity index (χ1n) is 13.9. The first kappa shape index (κ1) is 31.6. The van der Waals surface area contributed by atoms with Gasteiger partial charge in [-0.3, -0.25) is 4.90 Å². The van der Waals surface area contributed by atoms with Gasteiger partial charge in [-0.1, -0.05) is 24.0 Å². The van der Waals surface area contributed by atoms with E-state index in [1.807, 2.05) is 26.2 Å². The van der Waals surface area contributed by atoms with Crippen LogP contribution in [0.25, 0.3) is 21.2 Å². The number of aromatic nitrogens is 1. The number of nitrogen functional groups attached to an aromatic ring is 1. The molecular weight excluding hydrogens is 610 g/mol. The molecule has 1 fully saturated rings. The van der Waals surface area contributed by atoms with Crippen molar-refractivity contribution in [3.63, 3.8) is 0 Å². The van der Waals surface area contributed by atoms with Crippen LogP contribution >= 0.6 is 11.3 Å². The minimum atomic E-state index is -4.69. The zero-order valence-electron chi connectivity index (χ0n) is 24.5. The van der Waals surface area contributed by atoms with Gasteiger partial charge < -0.3 is 21.1 Å². The number of alkyl halides is 3. The lowest BCUT2D eigenvalue weighted by Gasteiger charge is -2.26. The van der Waals surface area contributed by atoms with Crippen molar-refractivity contribution in [2.24, 2.45) is 0 Å². The highest BCUT2D eigenvalue weighted by molar-refractivity contribution is 7.18. The van der Waals surface area contributed by atoms with Crippen LogP contribution in [0.2, 0.25) is 0 Å². The maximum Gasteiger partial charge on any atom is 0.416 e. The second-order valence-electron chi connectivity index (χ2n) is 11.4. The predicted octanol–water partition coefficient (Wildman–Crippen LogP) is 8.10. The van der Waals surface area contributed by atoms with E-state index in [1.54, 1.807) is 35.4 Å². The third-order valence-corrected chi connectivity index (χ3v) is 7.89. The Balaban J connectivity index is 1.32. The highest BCUT2D eigenvalue weighted by Crippen LogP contribution is 2.39. The first-order valence-corrected chi connectivity index (χ1v) is 14.8. The minimum absolute atomic E-state index is 0.283. The second kappa shape index (κ2) is 12.3. The lowest BCUT2D eigenvalue weighted by atomic mass is 10.0. The Hall–Kier alpha value is -4.83. The topological polar surface area (TPSA) is 110 Å². The molecule has 0 aliphatic carbocycles. The van der Waals surface area contributed by atoms with E-state index in [2.05, 4.69) is 27.5 Å². The highest BCUT2D eigenvalue weighted by atomic mass is 32.1. The second-order valence-corrected chi connectivity index (χ2v) is 12.2. The number of nitrogens with two attached hydrogens (primary N) is 1. The Morgan fingerprint density at radius 2 is 1.84 bits per heavy atom. The lowest BCUT2D eigenvalue weighted by molar-refractivity contribution is -0.137. The number of thiophene rings is 1. The average Bonchev–Trinajstić information content (AvgIpc) is 3.61. The molecule has 234 valence electrons. The van der Waals surface area contributed by atoms with Crippen molar-refractivity contribution in [2.75, 3.05) is 22.9 Å². The van der Waals surface area contributed by atoms with Crippen LogP contribution in [0.4, 0.5) is 44.3 Å². The monoisotopic (exact) mass is 639 g/mol. The van der Waals surface area contributed by atoms with E-state index in [-0.39, 0.29) is 6.04 Å². The van der Waals surface area contributed by atoms with Gasteiger partial charge in [0.05, 0.1) is 27.6 Å². The molecule has 2 aromatic heterocycles. The Morgan fingerprint density at radius 1 is 1.11 bits per heavy atom. The Kier molecular flexibility index (Phi) is 8.62. The number of fused-ring (bicyclic) bond motifs is 1. The maximum absolute atomic E-state index is 14.0. The number of urea groups is 1.